The minimum atomic E-state index is -3.62. The van der Waals surface area contributed by atoms with E-state index < -0.39 is 10.0 Å². The molecular weight excluding hydrogens is 260 g/mol. The monoisotopic (exact) mass is 282 g/mol. The fraction of sp³-hybridized carbons (Fsp3) is 0.571. The molecule has 0 radical (unpaired) electrons. The fourth-order valence-electron chi connectivity index (χ4n) is 2.74. The molecular formula is C14H22N2O2S. The highest BCUT2D eigenvalue weighted by Gasteiger charge is 2.20. The Morgan fingerprint density at radius 3 is 2.63 bits per heavy atom. The Kier molecular flexibility index (Phi) is 4.60. The summed E-state index contributed by atoms with van der Waals surface area (Å²) in [6.07, 6.45) is 5.93. The van der Waals surface area contributed by atoms with Crippen LogP contribution in [0.15, 0.2) is 29.2 Å². The lowest BCUT2D eigenvalue weighted by Gasteiger charge is -2.22. The van der Waals surface area contributed by atoms with Gasteiger partial charge in [-0.05, 0) is 37.0 Å². The fourth-order valence-corrected chi connectivity index (χ4v) is 3.30. The first-order valence-electron chi connectivity index (χ1n) is 6.89. The third kappa shape index (κ3) is 3.78. The molecule has 3 N–H and O–H groups in total. The van der Waals surface area contributed by atoms with E-state index in [0.717, 1.165) is 12.0 Å². The number of nitrogens with two attached hydrogens (primary N) is 1. The first kappa shape index (κ1) is 14.5. The molecule has 1 saturated carbocycles. The van der Waals surface area contributed by atoms with Crippen LogP contribution in [-0.4, -0.2) is 14.5 Å². The summed E-state index contributed by atoms with van der Waals surface area (Å²) in [5.74, 6) is 0. The molecule has 1 aliphatic carbocycles. The van der Waals surface area contributed by atoms with E-state index in [4.69, 9.17) is 5.14 Å². The lowest BCUT2D eigenvalue weighted by molar-refractivity contribution is 0.430. The molecule has 0 aliphatic heterocycles. The van der Waals surface area contributed by atoms with Gasteiger partial charge in [0.1, 0.15) is 0 Å². The summed E-state index contributed by atoms with van der Waals surface area (Å²) < 4.78 is 22.8. The first-order valence-corrected chi connectivity index (χ1v) is 8.44. The third-order valence-corrected chi connectivity index (χ3v) is 4.70. The molecule has 0 spiro atoms. The number of benzene rings is 1. The highest BCUT2D eigenvalue weighted by atomic mass is 32.2. The van der Waals surface area contributed by atoms with Gasteiger partial charge in [-0.2, -0.15) is 0 Å². The third-order valence-electron chi connectivity index (χ3n) is 3.79. The zero-order chi connectivity index (χ0) is 13.9. The van der Waals surface area contributed by atoms with Gasteiger partial charge in [0.15, 0.2) is 0 Å². The first-order chi connectivity index (χ1) is 9.00. The minimum Gasteiger partial charge on any atom is -0.307 e. The van der Waals surface area contributed by atoms with Gasteiger partial charge in [0.05, 0.1) is 4.90 Å². The molecule has 106 valence electrons. The van der Waals surface area contributed by atoms with Crippen molar-refractivity contribution in [3.8, 4) is 0 Å². The highest BCUT2D eigenvalue weighted by Crippen LogP contribution is 2.25. The molecule has 2 rings (SSSR count). The van der Waals surface area contributed by atoms with E-state index in [1.807, 2.05) is 6.07 Å². The summed E-state index contributed by atoms with van der Waals surface area (Å²) in [5.41, 5.74) is 1.00. The second-order valence-corrected chi connectivity index (χ2v) is 6.79. The summed E-state index contributed by atoms with van der Waals surface area (Å²) in [6, 6.07) is 7.71. The van der Waals surface area contributed by atoms with Crippen LogP contribution >= 0.6 is 0 Å². The van der Waals surface area contributed by atoms with Crippen LogP contribution in [-0.2, 0) is 10.0 Å². The molecule has 0 amide bonds. The van der Waals surface area contributed by atoms with Crippen molar-refractivity contribution >= 4 is 10.0 Å². The van der Waals surface area contributed by atoms with E-state index in [1.165, 1.54) is 25.7 Å². The van der Waals surface area contributed by atoms with Gasteiger partial charge in [-0.15, -0.1) is 0 Å². The van der Waals surface area contributed by atoms with Crippen LogP contribution in [0.25, 0.3) is 0 Å². The van der Waals surface area contributed by atoms with Crippen LogP contribution in [0.3, 0.4) is 0 Å². The van der Waals surface area contributed by atoms with Crippen molar-refractivity contribution in [2.45, 2.75) is 56.0 Å². The topological polar surface area (TPSA) is 72.2 Å². The lowest BCUT2D eigenvalue weighted by Crippen LogP contribution is -2.30. The van der Waals surface area contributed by atoms with Crippen molar-refractivity contribution < 1.29 is 8.42 Å². The Balaban J connectivity index is 2.18. The molecule has 1 aromatic rings. The van der Waals surface area contributed by atoms with Crippen molar-refractivity contribution in [3.05, 3.63) is 29.8 Å². The van der Waals surface area contributed by atoms with Gasteiger partial charge in [-0.1, -0.05) is 31.9 Å². The largest absolute Gasteiger partial charge is 0.307 e. The zero-order valence-electron chi connectivity index (χ0n) is 11.3. The van der Waals surface area contributed by atoms with Gasteiger partial charge in [-0.3, -0.25) is 0 Å². The van der Waals surface area contributed by atoms with Crippen LogP contribution in [0.1, 0.15) is 50.6 Å². The molecule has 0 aromatic heterocycles. The van der Waals surface area contributed by atoms with Crippen molar-refractivity contribution in [3.63, 3.8) is 0 Å². The molecule has 4 nitrogen and oxygen atoms in total. The minimum absolute atomic E-state index is 0.191. The van der Waals surface area contributed by atoms with Crippen LogP contribution in [0.4, 0.5) is 0 Å². The van der Waals surface area contributed by atoms with Gasteiger partial charge in [-0.25, -0.2) is 13.6 Å². The molecule has 1 aliphatic rings. The number of nitrogens with one attached hydrogen (secondary N) is 1. The van der Waals surface area contributed by atoms with E-state index in [1.54, 1.807) is 18.2 Å². The van der Waals surface area contributed by atoms with Gasteiger partial charge in [0.25, 0.3) is 0 Å². The van der Waals surface area contributed by atoms with Crippen LogP contribution in [0.2, 0.25) is 0 Å². The van der Waals surface area contributed by atoms with E-state index in [-0.39, 0.29) is 10.9 Å². The average Bonchev–Trinajstić information content (AvgIpc) is 2.88. The average molecular weight is 282 g/mol. The smallest absolute Gasteiger partial charge is 0.238 e. The summed E-state index contributed by atoms with van der Waals surface area (Å²) in [5, 5.41) is 8.81. The number of hydrogen-bond acceptors (Lipinski definition) is 3. The summed E-state index contributed by atoms with van der Waals surface area (Å²) in [7, 11) is -3.62. The van der Waals surface area contributed by atoms with E-state index >= 15 is 0 Å². The van der Waals surface area contributed by atoms with Crippen molar-refractivity contribution in [2.75, 3.05) is 0 Å². The molecule has 0 heterocycles. The maximum Gasteiger partial charge on any atom is 0.238 e. The van der Waals surface area contributed by atoms with E-state index in [2.05, 4.69) is 12.2 Å². The van der Waals surface area contributed by atoms with Crippen LogP contribution in [0, 0.1) is 0 Å². The van der Waals surface area contributed by atoms with E-state index in [9.17, 15) is 8.42 Å². The van der Waals surface area contributed by atoms with Crippen LogP contribution < -0.4 is 10.5 Å². The number of rotatable bonds is 5. The molecule has 1 aromatic carbocycles. The van der Waals surface area contributed by atoms with Gasteiger partial charge < -0.3 is 5.32 Å². The summed E-state index contributed by atoms with van der Waals surface area (Å²) in [6.45, 7) is 2.11. The number of sulfonamides is 1. The molecule has 0 bridgehead atoms. The Morgan fingerprint density at radius 2 is 2.05 bits per heavy atom. The standard InChI is InChI=1S/C14H22N2O2S/c1-2-14(16-12-7-3-4-8-12)11-6-5-9-13(10-11)19(15,17)18/h5-6,9-10,12,14,16H,2-4,7-8H2,1H3,(H2,15,17,18). The van der Waals surface area contributed by atoms with E-state index in [0.29, 0.717) is 6.04 Å². The molecule has 5 heteroatoms. The molecule has 0 saturated heterocycles. The van der Waals surface area contributed by atoms with Crippen molar-refractivity contribution in [2.24, 2.45) is 5.14 Å². The maximum atomic E-state index is 11.4. The second kappa shape index (κ2) is 6.03. The Bertz CT molecular complexity index is 522. The normalized spacial score (nSPS) is 18.6. The highest BCUT2D eigenvalue weighted by molar-refractivity contribution is 7.89. The Morgan fingerprint density at radius 1 is 1.37 bits per heavy atom. The predicted molar refractivity (Wildman–Crippen MR) is 76.2 cm³/mol. The zero-order valence-corrected chi connectivity index (χ0v) is 12.1. The van der Waals surface area contributed by atoms with Gasteiger partial charge in [0, 0.05) is 12.1 Å². The SMILES string of the molecule is CCC(NC1CCCC1)c1cccc(S(N)(=O)=O)c1. The lowest BCUT2D eigenvalue weighted by atomic mass is 10.0. The Hall–Kier alpha value is -0.910. The quantitative estimate of drug-likeness (QED) is 0.870. The summed E-state index contributed by atoms with van der Waals surface area (Å²) >= 11 is 0. The predicted octanol–water partition coefficient (Wildman–Crippen LogP) is 2.32. The molecule has 1 atom stereocenters. The second-order valence-electron chi connectivity index (χ2n) is 5.23. The molecule has 19 heavy (non-hydrogen) atoms. The van der Waals surface area contributed by atoms with Gasteiger partial charge in [0.2, 0.25) is 10.0 Å². The maximum absolute atomic E-state index is 11.4. The van der Waals surface area contributed by atoms with Crippen molar-refractivity contribution in [1.82, 2.24) is 5.32 Å². The van der Waals surface area contributed by atoms with Crippen molar-refractivity contribution in [1.29, 1.82) is 0 Å². The van der Waals surface area contributed by atoms with Gasteiger partial charge >= 0.3 is 0 Å². The Labute approximate surface area is 115 Å². The summed E-state index contributed by atoms with van der Waals surface area (Å²) in [4.78, 5) is 0.191. The van der Waals surface area contributed by atoms with Crippen LogP contribution in [0.5, 0.6) is 0 Å². The number of primary sulfonamides is 1. The number of hydrogen-bond donors (Lipinski definition) is 2. The molecule has 1 fully saturated rings. The molecule has 1 unspecified atom stereocenters.